The molecule has 0 saturated heterocycles. The molecule has 4 nitrogen and oxygen atoms in total. The zero-order chi connectivity index (χ0) is 15.3. The van der Waals surface area contributed by atoms with E-state index in [1.165, 1.54) is 19.3 Å². The summed E-state index contributed by atoms with van der Waals surface area (Å²) in [6.07, 6.45) is 6.18. The van der Waals surface area contributed by atoms with Crippen LogP contribution < -0.4 is 5.32 Å². The Labute approximate surface area is 124 Å². The zero-order valence-electron chi connectivity index (χ0n) is 13.7. The first kappa shape index (κ1) is 19.8. The third-order valence-corrected chi connectivity index (χ3v) is 3.45. The van der Waals surface area contributed by atoms with Crippen molar-refractivity contribution in [2.75, 3.05) is 32.9 Å². The minimum absolute atomic E-state index is 0.156. The van der Waals surface area contributed by atoms with Crippen LogP contribution in [0.2, 0.25) is 0 Å². The maximum atomic E-state index is 9.80. The second-order valence-electron chi connectivity index (χ2n) is 6.41. The Kier molecular flexibility index (Phi) is 12.5. The molecule has 0 aliphatic carbocycles. The van der Waals surface area contributed by atoms with Crippen LogP contribution in [-0.4, -0.2) is 49.2 Å². The van der Waals surface area contributed by atoms with Gasteiger partial charge in [-0.2, -0.15) is 0 Å². The van der Waals surface area contributed by atoms with Crippen LogP contribution >= 0.6 is 0 Å². The topological polar surface area (TPSA) is 61.7 Å². The van der Waals surface area contributed by atoms with Gasteiger partial charge in [0.1, 0.15) is 0 Å². The first-order valence-electron chi connectivity index (χ1n) is 8.09. The summed E-state index contributed by atoms with van der Waals surface area (Å²) in [6.45, 7) is 9.36. The fraction of sp³-hybridized carbons (Fsp3) is 1.00. The van der Waals surface area contributed by atoms with Crippen LogP contribution in [0.15, 0.2) is 0 Å². The van der Waals surface area contributed by atoms with E-state index in [4.69, 9.17) is 9.84 Å². The summed E-state index contributed by atoms with van der Waals surface area (Å²) in [5.41, 5.74) is 0.156. The summed E-state index contributed by atoms with van der Waals surface area (Å²) in [5.74, 6) is 0. The molecular formula is C16H35NO3. The van der Waals surface area contributed by atoms with Gasteiger partial charge in [0, 0.05) is 26.3 Å². The van der Waals surface area contributed by atoms with E-state index in [2.05, 4.69) is 26.1 Å². The molecule has 0 spiro atoms. The molecule has 1 unspecified atom stereocenters. The highest BCUT2D eigenvalue weighted by Gasteiger charge is 2.17. The SMILES string of the molecule is CCCCCCOCC(O)CNCC(C)(C)CCCO. The number of ether oxygens (including phenoxy) is 1. The highest BCUT2D eigenvalue weighted by atomic mass is 16.5. The Balaban J connectivity index is 3.46. The molecule has 20 heavy (non-hydrogen) atoms. The monoisotopic (exact) mass is 289 g/mol. The Morgan fingerprint density at radius 1 is 1.15 bits per heavy atom. The number of hydrogen-bond donors (Lipinski definition) is 3. The molecule has 122 valence electrons. The number of aliphatic hydroxyl groups is 2. The number of nitrogens with one attached hydrogen (secondary N) is 1. The summed E-state index contributed by atoms with van der Waals surface area (Å²) in [6, 6.07) is 0. The van der Waals surface area contributed by atoms with Gasteiger partial charge in [0.15, 0.2) is 0 Å². The van der Waals surface area contributed by atoms with E-state index >= 15 is 0 Å². The van der Waals surface area contributed by atoms with Gasteiger partial charge in [0.25, 0.3) is 0 Å². The first-order valence-corrected chi connectivity index (χ1v) is 8.09. The van der Waals surface area contributed by atoms with E-state index in [-0.39, 0.29) is 12.0 Å². The minimum Gasteiger partial charge on any atom is -0.396 e. The van der Waals surface area contributed by atoms with E-state index in [1.807, 2.05) is 0 Å². The summed E-state index contributed by atoms with van der Waals surface area (Å²) in [5, 5.41) is 21.9. The lowest BCUT2D eigenvalue weighted by atomic mass is 9.88. The third-order valence-electron chi connectivity index (χ3n) is 3.45. The Bertz CT molecular complexity index is 210. The predicted octanol–water partition coefficient (Wildman–Crippen LogP) is 2.33. The van der Waals surface area contributed by atoms with Crippen LogP contribution in [0.25, 0.3) is 0 Å². The van der Waals surface area contributed by atoms with Gasteiger partial charge in [-0.15, -0.1) is 0 Å². The van der Waals surface area contributed by atoms with Crippen molar-refractivity contribution in [1.82, 2.24) is 5.32 Å². The molecule has 0 amide bonds. The number of aliphatic hydroxyl groups excluding tert-OH is 2. The van der Waals surface area contributed by atoms with Gasteiger partial charge >= 0.3 is 0 Å². The average Bonchev–Trinajstić information content (AvgIpc) is 2.40. The lowest BCUT2D eigenvalue weighted by Crippen LogP contribution is -2.36. The van der Waals surface area contributed by atoms with Gasteiger partial charge in [-0.3, -0.25) is 0 Å². The zero-order valence-corrected chi connectivity index (χ0v) is 13.7. The van der Waals surface area contributed by atoms with Crippen molar-refractivity contribution in [3.05, 3.63) is 0 Å². The minimum atomic E-state index is -0.435. The molecule has 0 aromatic rings. The molecule has 1 atom stereocenters. The van der Waals surface area contributed by atoms with Gasteiger partial charge in [0.05, 0.1) is 12.7 Å². The summed E-state index contributed by atoms with van der Waals surface area (Å²) >= 11 is 0. The molecule has 0 aromatic heterocycles. The maximum absolute atomic E-state index is 9.80. The first-order chi connectivity index (χ1) is 9.52. The van der Waals surface area contributed by atoms with Crippen molar-refractivity contribution >= 4 is 0 Å². The van der Waals surface area contributed by atoms with Crippen molar-refractivity contribution in [2.24, 2.45) is 5.41 Å². The van der Waals surface area contributed by atoms with Gasteiger partial charge in [-0.1, -0.05) is 40.0 Å². The fourth-order valence-electron chi connectivity index (χ4n) is 2.13. The van der Waals surface area contributed by atoms with Crippen LogP contribution in [0.4, 0.5) is 0 Å². The van der Waals surface area contributed by atoms with Gasteiger partial charge < -0.3 is 20.3 Å². The summed E-state index contributed by atoms with van der Waals surface area (Å²) < 4.78 is 5.47. The quantitative estimate of drug-likeness (QED) is 0.430. The standard InChI is InChI=1S/C16H35NO3/c1-4-5-6-7-11-20-13-15(19)12-17-14-16(2,3)9-8-10-18/h15,17-19H,4-14H2,1-3H3. The lowest BCUT2D eigenvalue weighted by molar-refractivity contribution is 0.0342. The Hall–Kier alpha value is -0.160. The van der Waals surface area contributed by atoms with Crippen LogP contribution in [-0.2, 0) is 4.74 Å². The third kappa shape index (κ3) is 12.9. The highest BCUT2D eigenvalue weighted by molar-refractivity contribution is 4.72. The second-order valence-corrected chi connectivity index (χ2v) is 6.41. The number of hydrogen-bond acceptors (Lipinski definition) is 4. The molecular weight excluding hydrogens is 254 g/mol. The van der Waals surface area contributed by atoms with Crippen molar-refractivity contribution in [2.45, 2.75) is 65.4 Å². The van der Waals surface area contributed by atoms with E-state index < -0.39 is 6.10 Å². The lowest BCUT2D eigenvalue weighted by Gasteiger charge is -2.25. The van der Waals surface area contributed by atoms with Crippen molar-refractivity contribution in [1.29, 1.82) is 0 Å². The molecule has 3 N–H and O–H groups in total. The molecule has 0 saturated carbocycles. The highest BCUT2D eigenvalue weighted by Crippen LogP contribution is 2.20. The van der Waals surface area contributed by atoms with Crippen molar-refractivity contribution in [3.63, 3.8) is 0 Å². The second kappa shape index (κ2) is 12.6. The predicted molar refractivity (Wildman–Crippen MR) is 83.9 cm³/mol. The molecule has 4 heteroatoms. The summed E-state index contributed by atoms with van der Waals surface area (Å²) in [4.78, 5) is 0. The molecule has 0 aliphatic rings. The largest absolute Gasteiger partial charge is 0.396 e. The molecule has 0 bridgehead atoms. The van der Waals surface area contributed by atoms with Crippen LogP contribution in [0.3, 0.4) is 0 Å². The molecule has 0 aromatic carbocycles. The van der Waals surface area contributed by atoms with Crippen molar-refractivity contribution in [3.8, 4) is 0 Å². The van der Waals surface area contributed by atoms with Gasteiger partial charge in [-0.25, -0.2) is 0 Å². The molecule has 0 radical (unpaired) electrons. The molecule has 0 aliphatic heterocycles. The normalized spacial score (nSPS) is 13.7. The van der Waals surface area contributed by atoms with Gasteiger partial charge in [-0.05, 0) is 24.7 Å². The van der Waals surface area contributed by atoms with Crippen molar-refractivity contribution < 1.29 is 14.9 Å². The fourth-order valence-corrected chi connectivity index (χ4v) is 2.13. The van der Waals surface area contributed by atoms with E-state index in [0.717, 1.165) is 32.4 Å². The molecule has 0 heterocycles. The van der Waals surface area contributed by atoms with E-state index in [1.54, 1.807) is 0 Å². The van der Waals surface area contributed by atoms with E-state index in [0.29, 0.717) is 13.2 Å². The summed E-state index contributed by atoms with van der Waals surface area (Å²) in [7, 11) is 0. The van der Waals surface area contributed by atoms with E-state index in [9.17, 15) is 5.11 Å². The number of rotatable bonds is 14. The average molecular weight is 289 g/mol. The van der Waals surface area contributed by atoms with Crippen LogP contribution in [0, 0.1) is 5.41 Å². The van der Waals surface area contributed by atoms with Crippen LogP contribution in [0.1, 0.15) is 59.3 Å². The Morgan fingerprint density at radius 2 is 1.90 bits per heavy atom. The number of unbranched alkanes of at least 4 members (excludes halogenated alkanes) is 3. The van der Waals surface area contributed by atoms with Gasteiger partial charge in [0.2, 0.25) is 0 Å². The Morgan fingerprint density at radius 3 is 2.55 bits per heavy atom. The maximum Gasteiger partial charge on any atom is 0.0897 e. The van der Waals surface area contributed by atoms with Crippen LogP contribution in [0.5, 0.6) is 0 Å². The smallest absolute Gasteiger partial charge is 0.0897 e. The molecule has 0 rings (SSSR count). The molecule has 0 fully saturated rings.